The molecule has 0 aliphatic carbocycles. The van der Waals surface area contributed by atoms with Crippen molar-refractivity contribution in [1.82, 2.24) is 4.57 Å². The third-order valence-electron chi connectivity index (χ3n) is 8.66. The van der Waals surface area contributed by atoms with Crippen molar-refractivity contribution in [2.24, 2.45) is 0 Å². The van der Waals surface area contributed by atoms with Gasteiger partial charge in [-0.1, -0.05) is 106 Å². The number of carbonyl (C=O) groups excluding carboxylic acids is 1. The molecule has 1 atom stereocenters. The molecular weight excluding hydrogens is 516 g/mol. The van der Waals surface area contributed by atoms with Gasteiger partial charge in [0.25, 0.3) is 0 Å². The van der Waals surface area contributed by atoms with E-state index in [4.69, 9.17) is 4.74 Å². The van der Waals surface area contributed by atoms with Gasteiger partial charge in [0.2, 0.25) is 0 Å². The molecule has 4 aromatic carbocycles. The highest BCUT2D eigenvalue weighted by atomic mass is 16.6. The zero-order valence-corrected chi connectivity index (χ0v) is 25.0. The molecule has 42 heavy (non-hydrogen) atoms. The highest BCUT2D eigenvalue weighted by molar-refractivity contribution is 6.01. The molecule has 5 aromatic rings. The lowest BCUT2D eigenvalue weighted by atomic mass is 9.77. The number of hydrogen-bond acceptors (Lipinski definition) is 3. The van der Waals surface area contributed by atoms with E-state index < -0.39 is 5.60 Å². The number of benzene rings is 4. The Kier molecular flexibility index (Phi) is 7.88. The molecule has 0 radical (unpaired) electrons. The Bertz CT molecular complexity index is 1680. The lowest BCUT2D eigenvalue weighted by Crippen LogP contribution is -2.31. The van der Waals surface area contributed by atoms with Crippen molar-refractivity contribution in [3.05, 3.63) is 125 Å². The fraction of sp³-hybridized carbons (Fsp3) is 0.289. The molecule has 0 fully saturated rings. The molecular formula is C38H40N2O2. The number of ether oxygens (including phenoxy) is 1. The molecule has 4 nitrogen and oxygen atoms in total. The van der Waals surface area contributed by atoms with E-state index >= 15 is 0 Å². The van der Waals surface area contributed by atoms with Gasteiger partial charge in [0.15, 0.2) is 5.60 Å². The van der Waals surface area contributed by atoms with Gasteiger partial charge >= 0.3 is 5.97 Å². The number of esters is 1. The van der Waals surface area contributed by atoms with Crippen LogP contribution >= 0.6 is 0 Å². The summed E-state index contributed by atoms with van der Waals surface area (Å²) in [4.78, 5) is 16.2. The van der Waals surface area contributed by atoms with Crippen LogP contribution in [0.4, 0.5) is 5.69 Å². The minimum absolute atomic E-state index is 0.283. The number of nitrogens with zero attached hydrogens (tertiary/aromatic N) is 2. The summed E-state index contributed by atoms with van der Waals surface area (Å²) >= 11 is 0. The number of fused-ring (bicyclic) bond motifs is 2. The summed E-state index contributed by atoms with van der Waals surface area (Å²) in [5.74, 6) is -0.283. The van der Waals surface area contributed by atoms with E-state index in [0.29, 0.717) is 5.56 Å². The Balaban J connectivity index is 1.63. The molecule has 1 aromatic heterocycles. The van der Waals surface area contributed by atoms with Crippen LogP contribution in [0.2, 0.25) is 0 Å². The first-order valence-electron chi connectivity index (χ1n) is 15.5. The molecule has 0 saturated carbocycles. The van der Waals surface area contributed by atoms with Crippen LogP contribution in [0.25, 0.3) is 22.2 Å². The summed E-state index contributed by atoms with van der Waals surface area (Å²) < 4.78 is 9.05. The van der Waals surface area contributed by atoms with Crippen LogP contribution in [-0.4, -0.2) is 23.6 Å². The highest BCUT2D eigenvalue weighted by Crippen LogP contribution is 2.53. The van der Waals surface area contributed by atoms with Crippen molar-refractivity contribution in [2.45, 2.75) is 58.6 Å². The molecule has 1 unspecified atom stereocenters. The summed E-state index contributed by atoms with van der Waals surface area (Å²) in [6.45, 7) is 9.54. The van der Waals surface area contributed by atoms with Gasteiger partial charge in [-0.15, -0.1) is 0 Å². The van der Waals surface area contributed by atoms with E-state index in [9.17, 15) is 4.79 Å². The van der Waals surface area contributed by atoms with Crippen LogP contribution in [0.15, 0.2) is 103 Å². The molecule has 0 saturated heterocycles. The van der Waals surface area contributed by atoms with E-state index in [-0.39, 0.29) is 5.97 Å². The lowest BCUT2D eigenvalue weighted by molar-refractivity contribution is 0.0257. The smallest absolute Gasteiger partial charge is 0.340 e. The third-order valence-corrected chi connectivity index (χ3v) is 8.66. The Morgan fingerprint density at radius 1 is 0.738 bits per heavy atom. The van der Waals surface area contributed by atoms with Crippen molar-refractivity contribution < 1.29 is 9.53 Å². The van der Waals surface area contributed by atoms with Crippen LogP contribution in [0.1, 0.15) is 73.5 Å². The van der Waals surface area contributed by atoms with E-state index in [0.717, 1.165) is 71.3 Å². The minimum Gasteiger partial charge on any atom is -0.440 e. The van der Waals surface area contributed by atoms with Crippen LogP contribution in [0.3, 0.4) is 0 Å². The number of anilines is 1. The molecule has 2 heterocycles. The van der Waals surface area contributed by atoms with Gasteiger partial charge in [-0.05, 0) is 49.6 Å². The van der Waals surface area contributed by atoms with Crippen molar-refractivity contribution >= 4 is 22.6 Å². The molecule has 0 amide bonds. The van der Waals surface area contributed by atoms with Crippen LogP contribution in [-0.2, 0) is 16.9 Å². The maximum atomic E-state index is 13.7. The van der Waals surface area contributed by atoms with Crippen molar-refractivity contribution in [1.29, 1.82) is 0 Å². The zero-order chi connectivity index (χ0) is 29.1. The summed E-state index contributed by atoms with van der Waals surface area (Å²) in [6, 6.07) is 35.7. The first-order valence-corrected chi connectivity index (χ1v) is 15.5. The van der Waals surface area contributed by atoms with Crippen molar-refractivity contribution in [3.8, 4) is 11.3 Å². The fourth-order valence-electron chi connectivity index (χ4n) is 6.62. The highest BCUT2D eigenvalue weighted by Gasteiger charge is 2.51. The van der Waals surface area contributed by atoms with Gasteiger partial charge in [-0.2, -0.15) is 0 Å². The summed E-state index contributed by atoms with van der Waals surface area (Å²) in [6.07, 6.45) is 4.66. The number of unbranched alkanes of at least 4 members (excludes halogenated alkanes) is 2. The molecule has 1 aliphatic heterocycles. The molecule has 0 spiro atoms. The van der Waals surface area contributed by atoms with Crippen molar-refractivity contribution in [3.63, 3.8) is 0 Å². The number of rotatable bonds is 11. The summed E-state index contributed by atoms with van der Waals surface area (Å²) in [5.41, 5.74) is 6.96. The molecule has 1 aliphatic rings. The third kappa shape index (κ3) is 4.59. The molecule has 0 N–H and O–H groups in total. The zero-order valence-electron chi connectivity index (χ0n) is 25.0. The first-order chi connectivity index (χ1) is 20.6. The van der Waals surface area contributed by atoms with E-state index in [1.807, 2.05) is 24.3 Å². The van der Waals surface area contributed by atoms with Crippen LogP contribution in [0.5, 0.6) is 0 Å². The van der Waals surface area contributed by atoms with Crippen molar-refractivity contribution in [2.75, 3.05) is 18.0 Å². The Hall–Kier alpha value is -4.31. The average molecular weight is 557 g/mol. The number of cyclic esters (lactones) is 1. The maximum absolute atomic E-state index is 13.7. The second kappa shape index (κ2) is 11.9. The first kappa shape index (κ1) is 27.8. The van der Waals surface area contributed by atoms with Gasteiger partial charge in [0.05, 0.1) is 11.3 Å². The second-order valence-corrected chi connectivity index (χ2v) is 11.2. The standard InChI is InChI=1S/C38H40N2O2/c1-4-7-26-39(27-8-5-2)30-24-22-29(23-25-30)38(33-20-14-12-18-31(33)37(41)42-38)35-32-19-13-15-21-34(32)40(6-3)36(35)28-16-10-9-11-17-28/h9-25H,4-8,26-27H2,1-3H3. The Labute approximate surface area is 249 Å². The van der Waals surface area contributed by atoms with Gasteiger partial charge < -0.3 is 14.2 Å². The number of para-hydroxylation sites is 1. The fourth-order valence-corrected chi connectivity index (χ4v) is 6.62. The van der Waals surface area contributed by atoms with Gasteiger partial charge in [0, 0.05) is 52.9 Å². The van der Waals surface area contributed by atoms with Gasteiger partial charge in [-0.25, -0.2) is 4.79 Å². The maximum Gasteiger partial charge on any atom is 0.340 e. The van der Waals surface area contributed by atoms with Crippen LogP contribution in [0, 0.1) is 0 Å². The normalized spacial score (nSPS) is 16.0. The van der Waals surface area contributed by atoms with Gasteiger partial charge in [-0.3, -0.25) is 0 Å². The number of hydrogen-bond donors (Lipinski definition) is 0. The number of aryl methyl sites for hydroxylation is 1. The predicted octanol–water partition coefficient (Wildman–Crippen LogP) is 9.20. The average Bonchev–Trinajstić information content (AvgIpc) is 3.54. The minimum atomic E-state index is -1.09. The van der Waals surface area contributed by atoms with E-state index in [1.54, 1.807) is 0 Å². The van der Waals surface area contributed by atoms with Crippen LogP contribution < -0.4 is 4.90 Å². The SMILES string of the molecule is CCCCN(CCCC)c1ccc(C2(c3c(-c4ccccc4)n(CC)c4ccccc34)OC(=O)c3ccccc32)cc1. The number of carbonyl (C=O) groups is 1. The van der Waals surface area contributed by atoms with Gasteiger partial charge in [0.1, 0.15) is 0 Å². The van der Waals surface area contributed by atoms with E-state index in [1.165, 1.54) is 18.5 Å². The number of aromatic nitrogens is 1. The molecule has 0 bridgehead atoms. The molecule has 4 heteroatoms. The molecule has 214 valence electrons. The Morgan fingerprint density at radius 2 is 1.38 bits per heavy atom. The second-order valence-electron chi connectivity index (χ2n) is 11.2. The monoisotopic (exact) mass is 556 g/mol. The quantitative estimate of drug-likeness (QED) is 0.152. The lowest BCUT2D eigenvalue weighted by Gasteiger charge is -2.32. The molecule has 6 rings (SSSR count). The predicted molar refractivity (Wildman–Crippen MR) is 173 cm³/mol. The Morgan fingerprint density at radius 3 is 2.07 bits per heavy atom. The topological polar surface area (TPSA) is 34.5 Å². The largest absolute Gasteiger partial charge is 0.440 e. The van der Waals surface area contributed by atoms with E-state index in [2.05, 4.69) is 109 Å². The summed E-state index contributed by atoms with van der Waals surface area (Å²) in [7, 11) is 0. The summed E-state index contributed by atoms with van der Waals surface area (Å²) in [5, 5.41) is 1.10.